The molecule has 4 rings (SSSR count). The van der Waals surface area contributed by atoms with Gasteiger partial charge < -0.3 is 20.1 Å². The van der Waals surface area contributed by atoms with E-state index in [-0.39, 0.29) is 39.2 Å². The molecule has 3 aromatic rings. The first-order chi connectivity index (χ1) is 17.3. The molecule has 2 aromatic heterocycles. The third kappa shape index (κ3) is 4.85. The third-order valence-corrected chi connectivity index (χ3v) is 7.14. The van der Waals surface area contributed by atoms with Crippen LogP contribution < -0.4 is 25.7 Å². The number of carbonyl (C=O) groups is 1. The Labute approximate surface area is 218 Å². The molecule has 0 saturated heterocycles. The Balaban J connectivity index is 1.75. The SMILES string of the molecule is C=CC(=O)N[C@H]1CCCC[C@H]1Nc1ncc2cc(-c3c(Cl)c(OC)cc(OC)c3Cl)c(=O)n(C)c2n1. The molecule has 1 saturated carbocycles. The Bertz CT molecular complexity index is 1360. The van der Waals surface area contributed by atoms with Crippen molar-refractivity contribution in [3.63, 3.8) is 0 Å². The summed E-state index contributed by atoms with van der Waals surface area (Å²) in [5.74, 6) is 0.816. The highest BCUT2D eigenvalue weighted by atomic mass is 35.5. The van der Waals surface area contributed by atoms with Gasteiger partial charge in [-0.25, -0.2) is 4.98 Å². The van der Waals surface area contributed by atoms with E-state index in [1.54, 1.807) is 25.4 Å². The lowest BCUT2D eigenvalue weighted by molar-refractivity contribution is -0.117. The van der Waals surface area contributed by atoms with Crippen LogP contribution >= 0.6 is 23.2 Å². The van der Waals surface area contributed by atoms with Gasteiger partial charge in [0.25, 0.3) is 5.56 Å². The summed E-state index contributed by atoms with van der Waals surface area (Å²) >= 11 is 13.1. The fourth-order valence-corrected chi connectivity index (χ4v) is 5.21. The average molecular weight is 532 g/mol. The number of aromatic nitrogens is 3. The lowest BCUT2D eigenvalue weighted by Gasteiger charge is -2.32. The lowest BCUT2D eigenvalue weighted by Crippen LogP contribution is -2.48. The maximum absolute atomic E-state index is 13.4. The minimum atomic E-state index is -0.347. The van der Waals surface area contributed by atoms with Crippen molar-refractivity contribution in [3.05, 3.63) is 51.4 Å². The molecule has 1 amide bonds. The molecule has 36 heavy (non-hydrogen) atoms. The summed E-state index contributed by atoms with van der Waals surface area (Å²) < 4.78 is 12.1. The fourth-order valence-electron chi connectivity index (χ4n) is 4.50. The van der Waals surface area contributed by atoms with Crippen molar-refractivity contribution in [1.29, 1.82) is 0 Å². The largest absolute Gasteiger partial charge is 0.495 e. The van der Waals surface area contributed by atoms with Gasteiger partial charge in [-0.05, 0) is 25.0 Å². The predicted molar refractivity (Wildman–Crippen MR) is 141 cm³/mol. The Morgan fingerprint density at radius 3 is 2.39 bits per heavy atom. The molecule has 1 fully saturated rings. The molecule has 2 atom stereocenters. The number of fused-ring (bicyclic) bond motifs is 1. The Morgan fingerprint density at radius 1 is 1.14 bits per heavy atom. The summed E-state index contributed by atoms with van der Waals surface area (Å²) in [5, 5.41) is 7.32. The maximum Gasteiger partial charge on any atom is 0.259 e. The second-order valence-corrected chi connectivity index (χ2v) is 9.29. The van der Waals surface area contributed by atoms with Crippen molar-refractivity contribution in [2.45, 2.75) is 37.8 Å². The van der Waals surface area contributed by atoms with Crippen molar-refractivity contribution in [3.8, 4) is 22.6 Å². The molecule has 0 spiro atoms. The maximum atomic E-state index is 13.4. The van der Waals surface area contributed by atoms with Crippen LogP contribution in [0.25, 0.3) is 22.2 Å². The number of hydrogen-bond acceptors (Lipinski definition) is 7. The summed E-state index contributed by atoms with van der Waals surface area (Å²) in [6.45, 7) is 3.53. The van der Waals surface area contributed by atoms with Gasteiger partial charge in [0, 0.05) is 42.3 Å². The number of nitrogens with zero attached hydrogens (tertiary/aromatic N) is 3. The quantitative estimate of drug-likeness (QED) is 0.436. The third-order valence-electron chi connectivity index (χ3n) is 6.39. The monoisotopic (exact) mass is 531 g/mol. The van der Waals surface area contributed by atoms with Crippen LogP contribution in [0.2, 0.25) is 10.0 Å². The number of rotatable bonds is 7. The van der Waals surface area contributed by atoms with E-state index in [1.165, 1.54) is 24.9 Å². The molecule has 9 nitrogen and oxygen atoms in total. The van der Waals surface area contributed by atoms with Gasteiger partial charge >= 0.3 is 0 Å². The zero-order valence-electron chi connectivity index (χ0n) is 20.2. The van der Waals surface area contributed by atoms with Gasteiger partial charge in [-0.1, -0.05) is 42.6 Å². The van der Waals surface area contributed by atoms with Crippen LogP contribution in [-0.4, -0.2) is 46.7 Å². The van der Waals surface area contributed by atoms with E-state index in [0.29, 0.717) is 34.0 Å². The van der Waals surface area contributed by atoms with Crippen molar-refractivity contribution in [2.75, 3.05) is 19.5 Å². The molecule has 1 aliphatic carbocycles. The molecule has 0 radical (unpaired) electrons. The number of pyridine rings is 1. The summed E-state index contributed by atoms with van der Waals surface area (Å²) in [4.78, 5) is 34.3. The van der Waals surface area contributed by atoms with Crippen LogP contribution in [0.5, 0.6) is 11.5 Å². The lowest BCUT2D eigenvalue weighted by atomic mass is 9.90. The van der Waals surface area contributed by atoms with Crippen LogP contribution in [0, 0.1) is 0 Å². The molecule has 0 bridgehead atoms. The second-order valence-electron chi connectivity index (χ2n) is 8.53. The van der Waals surface area contributed by atoms with Crippen LogP contribution in [0.3, 0.4) is 0 Å². The highest BCUT2D eigenvalue weighted by Crippen LogP contribution is 2.45. The number of carbonyl (C=O) groups excluding carboxylic acids is 1. The molecule has 0 unspecified atom stereocenters. The van der Waals surface area contributed by atoms with E-state index in [4.69, 9.17) is 32.7 Å². The van der Waals surface area contributed by atoms with E-state index in [1.807, 2.05) is 0 Å². The highest BCUT2D eigenvalue weighted by Gasteiger charge is 2.27. The zero-order chi connectivity index (χ0) is 26.0. The second kappa shape index (κ2) is 10.8. The van der Waals surface area contributed by atoms with Gasteiger partial charge in [0.05, 0.1) is 29.8 Å². The Kier molecular flexibility index (Phi) is 7.70. The number of aryl methyl sites for hydroxylation is 1. The number of methoxy groups -OCH3 is 2. The van der Waals surface area contributed by atoms with E-state index < -0.39 is 0 Å². The van der Waals surface area contributed by atoms with Crippen LogP contribution in [0.4, 0.5) is 5.95 Å². The zero-order valence-corrected chi connectivity index (χ0v) is 21.7. The molecular formula is C25H27Cl2N5O4. The summed E-state index contributed by atoms with van der Waals surface area (Å²) in [6.07, 6.45) is 6.65. The summed E-state index contributed by atoms with van der Waals surface area (Å²) in [6, 6.07) is 3.11. The first kappa shape index (κ1) is 25.8. The predicted octanol–water partition coefficient (Wildman–Crippen LogP) is 4.34. The first-order valence-corrected chi connectivity index (χ1v) is 12.2. The van der Waals surface area contributed by atoms with E-state index >= 15 is 0 Å². The van der Waals surface area contributed by atoms with E-state index in [2.05, 4.69) is 27.2 Å². The number of hydrogen-bond donors (Lipinski definition) is 2. The Hall–Kier alpha value is -3.30. The molecule has 2 N–H and O–H groups in total. The minimum Gasteiger partial charge on any atom is -0.495 e. The number of ether oxygens (including phenoxy) is 2. The van der Waals surface area contributed by atoms with Gasteiger partial charge in [-0.2, -0.15) is 4.98 Å². The van der Waals surface area contributed by atoms with Crippen molar-refractivity contribution in [1.82, 2.24) is 19.9 Å². The van der Waals surface area contributed by atoms with E-state index in [0.717, 1.165) is 25.7 Å². The number of anilines is 1. The van der Waals surface area contributed by atoms with Gasteiger partial charge in [-0.3, -0.25) is 14.2 Å². The smallest absolute Gasteiger partial charge is 0.259 e. The molecule has 11 heteroatoms. The molecule has 1 aromatic carbocycles. The number of benzene rings is 1. The van der Waals surface area contributed by atoms with Crippen molar-refractivity contribution in [2.24, 2.45) is 7.05 Å². The highest BCUT2D eigenvalue weighted by molar-refractivity contribution is 6.41. The minimum absolute atomic E-state index is 0.0433. The van der Waals surface area contributed by atoms with E-state index in [9.17, 15) is 9.59 Å². The first-order valence-electron chi connectivity index (χ1n) is 11.5. The normalized spacial score (nSPS) is 17.5. The van der Waals surface area contributed by atoms with Crippen molar-refractivity contribution >= 4 is 46.1 Å². The van der Waals surface area contributed by atoms with Crippen molar-refractivity contribution < 1.29 is 14.3 Å². The molecule has 0 aliphatic heterocycles. The Morgan fingerprint density at radius 2 is 1.78 bits per heavy atom. The van der Waals surface area contributed by atoms with Gasteiger partial charge in [0.1, 0.15) is 17.1 Å². The van der Waals surface area contributed by atoms with Gasteiger partial charge in [-0.15, -0.1) is 0 Å². The summed E-state index contributed by atoms with van der Waals surface area (Å²) in [5.41, 5.74) is 0.661. The van der Waals surface area contributed by atoms with Gasteiger partial charge in [0.15, 0.2) is 0 Å². The molecule has 1 aliphatic rings. The fraction of sp³-hybridized carbons (Fsp3) is 0.360. The number of nitrogens with one attached hydrogen (secondary N) is 2. The topological polar surface area (TPSA) is 107 Å². The summed E-state index contributed by atoms with van der Waals surface area (Å²) in [7, 11) is 4.57. The average Bonchev–Trinajstić information content (AvgIpc) is 2.88. The van der Waals surface area contributed by atoms with Crippen LogP contribution in [0.1, 0.15) is 25.7 Å². The van der Waals surface area contributed by atoms with Crippen LogP contribution in [0.15, 0.2) is 35.8 Å². The molecular weight excluding hydrogens is 505 g/mol. The standard InChI is InChI=1S/C25H27Cl2N5O4/c1-5-19(33)29-15-8-6-7-9-16(15)30-25-28-12-13-10-14(24(34)32(2)23(13)31-25)20-21(26)17(35-3)11-18(36-4)22(20)27/h5,10-12,15-16H,1,6-9H2,2-4H3,(H,29,33)(H,28,30,31)/t15-,16+/m0/s1. The number of amides is 1. The van der Waals surface area contributed by atoms with Gasteiger partial charge in [0.2, 0.25) is 11.9 Å². The number of halogens is 2. The van der Waals surface area contributed by atoms with Crippen LogP contribution in [-0.2, 0) is 11.8 Å². The molecule has 2 heterocycles. The molecule has 190 valence electrons.